The van der Waals surface area contributed by atoms with Crippen molar-refractivity contribution in [1.82, 2.24) is 20.0 Å². The molecular formula is C24H39FIN5O2. The molecule has 0 aliphatic carbocycles. The number of hydrogen-bond acceptors (Lipinski definition) is 4. The third kappa shape index (κ3) is 8.06. The van der Waals surface area contributed by atoms with Crippen LogP contribution in [0.15, 0.2) is 29.3 Å². The number of rotatable bonds is 6. The number of amides is 1. The topological polar surface area (TPSA) is 71.4 Å². The Balaban J connectivity index is 0.00000385. The molecule has 2 fully saturated rings. The minimum absolute atomic E-state index is 0. The van der Waals surface area contributed by atoms with Gasteiger partial charge in [-0.2, -0.15) is 0 Å². The Labute approximate surface area is 214 Å². The summed E-state index contributed by atoms with van der Waals surface area (Å²) < 4.78 is 13.9. The standard InChI is InChI=1S/C24H38FN5O2.HI/c1-4-26-24(27-14-22(31)20-7-5-6-8-21(20)25)29-11-9-28(10-12-29)17-23(32)30-15-18(2)13-19(3)16-30;/h5-8,18-19,22,31H,4,9-17H2,1-3H3,(H,26,27);1H. The second kappa shape index (κ2) is 13.4. The molecule has 1 amide bonds. The number of piperazine rings is 1. The molecule has 9 heteroatoms. The van der Waals surface area contributed by atoms with Gasteiger partial charge in [-0.25, -0.2) is 4.39 Å². The maximum Gasteiger partial charge on any atom is 0.236 e. The Hall–Kier alpha value is -1.46. The van der Waals surface area contributed by atoms with Crippen molar-refractivity contribution >= 4 is 35.8 Å². The molecule has 3 atom stereocenters. The van der Waals surface area contributed by atoms with Crippen molar-refractivity contribution in [3.8, 4) is 0 Å². The monoisotopic (exact) mass is 575 g/mol. The van der Waals surface area contributed by atoms with E-state index < -0.39 is 11.9 Å². The van der Waals surface area contributed by atoms with Crippen LogP contribution in [0.25, 0.3) is 0 Å². The summed E-state index contributed by atoms with van der Waals surface area (Å²) in [6, 6.07) is 6.25. The van der Waals surface area contributed by atoms with Crippen LogP contribution in [0, 0.1) is 17.7 Å². The highest BCUT2D eigenvalue weighted by Crippen LogP contribution is 2.21. The van der Waals surface area contributed by atoms with Crippen LogP contribution in [0.5, 0.6) is 0 Å². The van der Waals surface area contributed by atoms with E-state index in [9.17, 15) is 14.3 Å². The molecule has 2 saturated heterocycles. The fraction of sp³-hybridized carbons (Fsp3) is 0.667. The number of carbonyl (C=O) groups is 1. The lowest BCUT2D eigenvalue weighted by atomic mass is 9.92. The molecule has 0 aromatic heterocycles. The molecule has 0 radical (unpaired) electrons. The molecule has 0 spiro atoms. The van der Waals surface area contributed by atoms with E-state index in [1.807, 2.05) is 11.8 Å². The van der Waals surface area contributed by atoms with E-state index in [1.165, 1.54) is 12.5 Å². The second-order valence-corrected chi connectivity index (χ2v) is 9.24. The molecule has 2 aliphatic heterocycles. The van der Waals surface area contributed by atoms with Crippen LogP contribution < -0.4 is 5.32 Å². The summed E-state index contributed by atoms with van der Waals surface area (Å²) in [5, 5.41) is 13.6. The Morgan fingerprint density at radius 1 is 1.15 bits per heavy atom. The van der Waals surface area contributed by atoms with Crippen LogP contribution in [0.4, 0.5) is 4.39 Å². The smallest absolute Gasteiger partial charge is 0.236 e. The largest absolute Gasteiger partial charge is 0.386 e. The predicted octanol–water partition coefficient (Wildman–Crippen LogP) is 2.56. The van der Waals surface area contributed by atoms with Crippen molar-refractivity contribution in [3.63, 3.8) is 0 Å². The lowest BCUT2D eigenvalue weighted by Gasteiger charge is -2.39. The van der Waals surface area contributed by atoms with E-state index in [4.69, 9.17) is 0 Å². The zero-order valence-electron chi connectivity index (χ0n) is 20.0. The van der Waals surface area contributed by atoms with E-state index in [2.05, 4.69) is 34.0 Å². The fourth-order valence-electron chi connectivity index (χ4n) is 4.72. The van der Waals surface area contributed by atoms with Gasteiger partial charge in [0.25, 0.3) is 0 Å². The van der Waals surface area contributed by atoms with Gasteiger partial charge in [-0.05, 0) is 31.2 Å². The minimum Gasteiger partial charge on any atom is -0.386 e. The zero-order chi connectivity index (χ0) is 23.1. The Kier molecular flexibility index (Phi) is 11.3. The predicted molar refractivity (Wildman–Crippen MR) is 140 cm³/mol. The number of nitrogens with zero attached hydrogens (tertiary/aromatic N) is 4. The van der Waals surface area contributed by atoms with E-state index in [0.29, 0.717) is 30.9 Å². The van der Waals surface area contributed by atoms with Crippen molar-refractivity contribution in [2.24, 2.45) is 16.8 Å². The van der Waals surface area contributed by atoms with Gasteiger partial charge in [0.2, 0.25) is 5.91 Å². The van der Waals surface area contributed by atoms with Crippen molar-refractivity contribution in [1.29, 1.82) is 0 Å². The number of guanidine groups is 1. The first-order valence-corrected chi connectivity index (χ1v) is 11.8. The highest BCUT2D eigenvalue weighted by molar-refractivity contribution is 14.0. The number of hydrogen-bond donors (Lipinski definition) is 2. The lowest BCUT2D eigenvalue weighted by molar-refractivity contribution is -0.135. The summed E-state index contributed by atoms with van der Waals surface area (Å²) >= 11 is 0. The summed E-state index contributed by atoms with van der Waals surface area (Å²) in [6.07, 6.45) is 0.207. The number of piperidine rings is 1. The van der Waals surface area contributed by atoms with E-state index in [-0.39, 0.29) is 42.0 Å². The summed E-state index contributed by atoms with van der Waals surface area (Å²) in [5.74, 6) is 1.66. The molecule has 1 aromatic carbocycles. The summed E-state index contributed by atoms with van der Waals surface area (Å²) in [7, 11) is 0. The van der Waals surface area contributed by atoms with Crippen LogP contribution in [-0.2, 0) is 4.79 Å². The first-order valence-electron chi connectivity index (χ1n) is 11.8. The molecule has 2 aliphatic rings. The van der Waals surface area contributed by atoms with Crippen molar-refractivity contribution in [2.45, 2.75) is 33.3 Å². The first kappa shape index (κ1) is 27.8. The number of halogens is 2. The van der Waals surface area contributed by atoms with E-state index >= 15 is 0 Å². The summed E-state index contributed by atoms with van der Waals surface area (Å²) in [6.45, 7) is 12.5. The van der Waals surface area contributed by atoms with Crippen molar-refractivity contribution < 1.29 is 14.3 Å². The van der Waals surface area contributed by atoms with Crippen LogP contribution in [-0.4, -0.2) is 90.6 Å². The highest BCUT2D eigenvalue weighted by atomic mass is 127. The maximum atomic E-state index is 13.9. The maximum absolute atomic E-state index is 13.9. The molecule has 186 valence electrons. The average molecular weight is 576 g/mol. The minimum atomic E-state index is -0.988. The van der Waals surface area contributed by atoms with Gasteiger partial charge in [0.15, 0.2) is 5.96 Å². The molecule has 2 N–H and O–H groups in total. The summed E-state index contributed by atoms with van der Waals surface area (Å²) in [4.78, 5) is 23.7. The van der Waals surface area contributed by atoms with Gasteiger partial charge in [-0.1, -0.05) is 32.0 Å². The number of carbonyl (C=O) groups excluding carboxylic acids is 1. The SMILES string of the molecule is CCNC(=NCC(O)c1ccccc1F)N1CCN(CC(=O)N2CC(C)CC(C)C2)CC1.I. The van der Waals surface area contributed by atoms with Gasteiger partial charge in [-0.3, -0.25) is 14.7 Å². The van der Waals surface area contributed by atoms with Gasteiger partial charge in [0.1, 0.15) is 11.9 Å². The fourth-order valence-corrected chi connectivity index (χ4v) is 4.72. The third-order valence-corrected chi connectivity index (χ3v) is 6.27. The molecule has 33 heavy (non-hydrogen) atoms. The quantitative estimate of drug-likeness (QED) is 0.310. The average Bonchev–Trinajstić information content (AvgIpc) is 2.76. The van der Waals surface area contributed by atoms with Crippen LogP contribution >= 0.6 is 24.0 Å². The molecule has 7 nitrogen and oxygen atoms in total. The number of nitrogens with one attached hydrogen (secondary N) is 1. The molecule has 0 saturated carbocycles. The third-order valence-electron chi connectivity index (χ3n) is 6.27. The molecule has 3 unspecified atom stereocenters. The zero-order valence-corrected chi connectivity index (χ0v) is 22.4. The van der Waals surface area contributed by atoms with Crippen LogP contribution in [0.1, 0.15) is 38.9 Å². The van der Waals surface area contributed by atoms with Crippen LogP contribution in [0.3, 0.4) is 0 Å². The van der Waals surface area contributed by atoms with E-state index in [1.54, 1.807) is 18.2 Å². The van der Waals surface area contributed by atoms with E-state index in [0.717, 1.165) is 39.3 Å². The summed E-state index contributed by atoms with van der Waals surface area (Å²) in [5.41, 5.74) is 0.261. The van der Waals surface area contributed by atoms with Crippen molar-refractivity contribution in [2.75, 3.05) is 58.9 Å². The normalized spacial score (nSPS) is 23.1. The Morgan fingerprint density at radius 3 is 2.39 bits per heavy atom. The first-order chi connectivity index (χ1) is 15.4. The van der Waals surface area contributed by atoms with Gasteiger partial charge in [-0.15, -0.1) is 24.0 Å². The number of benzene rings is 1. The second-order valence-electron chi connectivity index (χ2n) is 9.24. The molecular weight excluding hydrogens is 536 g/mol. The van der Waals surface area contributed by atoms with Gasteiger partial charge in [0, 0.05) is 51.4 Å². The van der Waals surface area contributed by atoms with Gasteiger partial charge >= 0.3 is 0 Å². The van der Waals surface area contributed by atoms with Gasteiger partial charge < -0.3 is 20.2 Å². The molecule has 3 rings (SSSR count). The Bertz CT molecular complexity index is 778. The van der Waals surface area contributed by atoms with Gasteiger partial charge in [0.05, 0.1) is 13.1 Å². The number of aliphatic hydroxyl groups excluding tert-OH is 1. The van der Waals surface area contributed by atoms with Crippen LogP contribution in [0.2, 0.25) is 0 Å². The number of aliphatic hydroxyl groups is 1. The highest BCUT2D eigenvalue weighted by Gasteiger charge is 2.28. The van der Waals surface area contributed by atoms with Crippen molar-refractivity contribution in [3.05, 3.63) is 35.6 Å². The number of aliphatic imine (C=N–C) groups is 1. The number of likely N-dealkylation sites (tertiary alicyclic amines) is 1. The molecule has 0 bridgehead atoms. The molecule has 2 heterocycles. The lowest BCUT2D eigenvalue weighted by Crippen LogP contribution is -2.55. The molecule has 1 aromatic rings. The Morgan fingerprint density at radius 2 is 1.79 bits per heavy atom.